The van der Waals surface area contributed by atoms with Crippen LogP contribution in [-0.2, 0) is 28.9 Å². The fraction of sp³-hybridized carbons (Fsp3) is 0.316. The number of aryl methyl sites for hydroxylation is 1. The normalized spacial score (nSPS) is 11.6. The lowest BCUT2D eigenvalue weighted by Crippen LogP contribution is -2.31. The van der Waals surface area contributed by atoms with E-state index in [1.54, 1.807) is 0 Å². The predicted molar refractivity (Wildman–Crippen MR) is 99.9 cm³/mol. The van der Waals surface area contributed by atoms with Crippen molar-refractivity contribution in [1.82, 2.24) is 10.3 Å². The second kappa shape index (κ2) is 9.84. The van der Waals surface area contributed by atoms with Crippen LogP contribution in [-0.4, -0.2) is 29.2 Å². The molecule has 132 valence electrons. The van der Waals surface area contributed by atoms with E-state index >= 15 is 0 Å². The molecule has 5 nitrogen and oxygen atoms in total. The number of benzene rings is 1. The Labute approximate surface area is 153 Å². The number of hydrogen-bond donors (Lipinski definition) is 2. The summed E-state index contributed by atoms with van der Waals surface area (Å²) in [5.74, 6) is 0.363. The summed E-state index contributed by atoms with van der Waals surface area (Å²) in [7, 11) is 0. The van der Waals surface area contributed by atoms with E-state index in [1.165, 1.54) is 5.56 Å². The molecule has 1 aromatic carbocycles. The Morgan fingerprint density at radius 2 is 1.96 bits per heavy atom. The Morgan fingerprint density at radius 1 is 1.24 bits per heavy atom. The number of nitrogens with one attached hydrogen (secondary N) is 1. The van der Waals surface area contributed by atoms with Crippen LogP contribution >= 0.6 is 12.6 Å². The van der Waals surface area contributed by atoms with Crippen LogP contribution in [0.25, 0.3) is 0 Å². The summed E-state index contributed by atoms with van der Waals surface area (Å²) in [4.78, 5) is 26.2. The summed E-state index contributed by atoms with van der Waals surface area (Å²) in [6.07, 6.45) is 4.44. The molecular formula is C19H22N2O3S. The van der Waals surface area contributed by atoms with Gasteiger partial charge in [-0.3, -0.25) is 19.9 Å². The van der Waals surface area contributed by atoms with E-state index in [0.29, 0.717) is 19.4 Å². The summed E-state index contributed by atoms with van der Waals surface area (Å²) in [5, 5.41) is 1.54. The van der Waals surface area contributed by atoms with Crippen molar-refractivity contribution in [3.8, 4) is 5.75 Å². The van der Waals surface area contributed by atoms with Crippen molar-refractivity contribution in [2.75, 3.05) is 6.61 Å². The number of carbonyl (C=O) groups excluding carboxylic acids is 2. The van der Waals surface area contributed by atoms with E-state index in [4.69, 9.17) is 4.74 Å². The third kappa shape index (κ3) is 6.23. The molecule has 1 aromatic heterocycles. The SMILES string of the molecule is CCc1ccc(CCOc2ccc(CC(S)C(=O)NC=O)cc2)nc1. The van der Waals surface area contributed by atoms with E-state index in [2.05, 4.69) is 35.9 Å². The number of hydrogen-bond acceptors (Lipinski definition) is 5. The molecule has 1 atom stereocenters. The van der Waals surface area contributed by atoms with Crippen molar-refractivity contribution in [2.24, 2.45) is 0 Å². The van der Waals surface area contributed by atoms with E-state index in [-0.39, 0.29) is 0 Å². The molecule has 6 heteroatoms. The van der Waals surface area contributed by atoms with Gasteiger partial charge in [0.15, 0.2) is 0 Å². The zero-order valence-electron chi connectivity index (χ0n) is 14.1. The monoisotopic (exact) mass is 358 g/mol. The Morgan fingerprint density at radius 3 is 2.56 bits per heavy atom. The molecule has 0 saturated carbocycles. The van der Waals surface area contributed by atoms with Crippen molar-refractivity contribution in [1.29, 1.82) is 0 Å². The van der Waals surface area contributed by atoms with E-state index in [0.717, 1.165) is 29.8 Å². The molecule has 0 aliphatic carbocycles. The number of pyridine rings is 1. The zero-order valence-corrected chi connectivity index (χ0v) is 15.0. The molecule has 0 spiro atoms. The van der Waals surface area contributed by atoms with E-state index in [1.807, 2.05) is 36.5 Å². The Balaban J connectivity index is 1.79. The van der Waals surface area contributed by atoms with Crippen molar-refractivity contribution < 1.29 is 14.3 Å². The van der Waals surface area contributed by atoms with Gasteiger partial charge < -0.3 is 4.74 Å². The largest absolute Gasteiger partial charge is 0.493 e. The fourth-order valence-electron chi connectivity index (χ4n) is 2.28. The summed E-state index contributed by atoms with van der Waals surface area (Å²) in [6, 6.07) is 11.6. The third-order valence-corrected chi connectivity index (χ3v) is 4.19. The molecule has 0 aliphatic rings. The smallest absolute Gasteiger partial charge is 0.239 e. The number of ether oxygens (including phenoxy) is 1. The van der Waals surface area contributed by atoms with Crippen LogP contribution in [0.1, 0.15) is 23.7 Å². The number of rotatable bonds is 9. The average Bonchev–Trinajstić information content (AvgIpc) is 2.64. The van der Waals surface area contributed by atoms with Crippen LogP contribution in [0.4, 0.5) is 0 Å². The van der Waals surface area contributed by atoms with E-state index in [9.17, 15) is 9.59 Å². The topological polar surface area (TPSA) is 68.3 Å². The van der Waals surface area contributed by atoms with Crippen molar-refractivity contribution in [2.45, 2.75) is 31.4 Å². The molecule has 1 heterocycles. The third-order valence-electron chi connectivity index (χ3n) is 3.78. The molecule has 2 rings (SSSR count). The lowest BCUT2D eigenvalue weighted by molar-refractivity contribution is -0.124. The summed E-state index contributed by atoms with van der Waals surface area (Å²) in [5.41, 5.74) is 3.18. The zero-order chi connectivity index (χ0) is 18.1. The molecule has 1 unspecified atom stereocenters. The lowest BCUT2D eigenvalue weighted by Gasteiger charge is -2.10. The van der Waals surface area contributed by atoms with Crippen LogP contribution in [0, 0.1) is 0 Å². The first-order valence-electron chi connectivity index (χ1n) is 8.20. The minimum atomic E-state index is -0.561. The van der Waals surface area contributed by atoms with E-state index < -0.39 is 11.2 Å². The van der Waals surface area contributed by atoms with Crippen LogP contribution in [0.15, 0.2) is 42.6 Å². The number of carbonyl (C=O) groups is 2. The summed E-state index contributed by atoms with van der Waals surface area (Å²) < 4.78 is 5.73. The van der Waals surface area contributed by atoms with Gasteiger partial charge in [0.25, 0.3) is 0 Å². The van der Waals surface area contributed by atoms with Gasteiger partial charge in [-0.05, 0) is 42.2 Å². The lowest BCUT2D eigenvalue weighted by atomic mass is 10.1. The Hall–Kier alpha value is -2.34. The predicted octanol–water partition coefficient (Wildman–Crippen LogP) is 2.38. The van der Waals surface area contributed by atoms with Crippen LogP contribution in [0.5, 0.6) is 5.75 Å². The molecule has 0 radical (unpaired) electrons. The second-order valence-electron chi connectivity index (χ2n) is 5.60. The maximum Gasteiger partial charge on any atom is 0.239 e. The Kier molecular flexibility index (Phi) is 7.47. The van der Waals surface area contributed by atoms with Crippen LogP contribution in [0.2, 0.25) is 0 Å². The molecule has 0 fully saturated rings. The van der Waals surface area contributed by atoms with Gasteiger partial charge in [0.05, 0.1) is 11.9 Å². The number of thiol groups is 1. The summed E-state index contributed by atoms with van der Waals surface area (Å²) >= 11 is 4.20. The minimum absolute atomic E-state index is 0.368. The van der Waals surface area contributed by atoms with Gasteiger partial charge in [0.2, 0.25) is 12.3 Å². The molecule has 0 bridgehead atoms. The first-order chi connectivity index (χ1) is 12.1. The van der Waals surface area contributed by atoms with Crippen LogP contribution < -0.4 is 10.1 Å². The quantitative estimate of drug-likeness (QED) is 0.533. The number of aromatic nitrogens is 1. The Bertz CT molecular complexity index is 687. The van der Waals surface area contributed by atoms with Crippen LogP contribution in [0.3, 0.4) is 0 Å². The second-order valence-corrected chi connectivity index (χ2v) is 6.22. The highest BCUT2D eigenvalue weighted by atomic mass is 32.1. The van der Waals surface area contributed by atoms with Gasteiger partial charge in [-0.2, -0.15) is 12.6 Å². The molecular weight excluding hydrogens is 336 g/mol. The molecule has 0 aliphatic heterocycles. The molecule has 2 amide bonds. The van der Waals surface area contributed by atoms with Crippen molar-refractivity contribution in [3.05, 3.63) is 59.4 Å². The van der Waals surface area contributed by atoms with Gasteiger partial charge in [-0.15, -0.1) is 0 Å². The fourth-order valence-corrected chi connectivity index (χ4v) is 2.56. The number of imide groups is 1. The standard InChI is InChI=1S/C19H22N2O3S/c1-2-14-3-6-16(20-12-14)9-10-24-17-7-4-15(5-8-17)11-18(25)19(23)21-13-22/h3-8,12-13,18,25H,2,9-11H2,1H3,(H,21,22,23). The minimum Gasteiger partial charge on any atom is -0.493 e. The first-order valence-corrected chi connectivity index (χ1v) is 8.71. The van der Waals surface area contributed by atoms with Crippen molar-refractivity contribution >= 4 is 24.9 Å². The average molecular weight is 358 g/mol. The maximum absolute atomic E-state index is 11.5. The van der Waals surface area contributed by atoms with Gasteiger partial charge >= 0.3 is 0 Å². The van der Waals surface area contributed by atoms with Gasteiger partial charge in [0.1, 0.15) is 5.75 Å². The highest BCUT2D eigenvalue weighted by molar-refractivity contribution is 7.81. The first kappa shape index (κ1) is 19.0. The molecule has 25 heavy (non-hydrogen) atoms. The van der Waals surface area contributed by atoms with Gasteiger partial charge in [-0.25, -0.2) is 0 Å². The van der Waals surface area contributed by atoms with Gasteiger partial charge in [0, 0.05) is 18.3 Å². The molecule has 0 saturated heterocycles. The highest BCUT2D eigenvalue weighted by Gasteiger charge is 2.13. The molecule has 2 aromatic rings. The van der Waals surface area contributed by atoms with Gasteiger partial charge in [-0.1, -0.05) is 25.1 Å². The highest BCUT2D eigenvalue weighted by Crippen LogP contribution is 2.15. The van der Waals surface area contributed by atoms with Crippen molar-refractivity contribution in [3.63, 3.8) is 0 Å². The maximum atomic E-state index is 11.5. The summed E-state index contributed by atoms with van der Waals surface area (Å²) in [6.45, 7) is 2.66. The number of nitrogens with zero attached hydrogens (tertiary/aromatic N) is 1. The molecule has 1 N–H and O–H groups in total. The number of amides is 2.